The number of anilines is 2. The van der Waals surface area contributed by atoms with E-state index in [0.717, 1.165) is 51.1 Å². The zero-order valence-electron chi connectivity index (χ0n) is 20.7. The first-order valence-corrected chi connectivity index (χ1v) is 13.1. The van der Waals surface area contributed by atoms with E-state index in [4.69, 9.17) is 4.98 Å². The summed E-state index contributed by atoms with van der Waals surface area (Å²) in [5, 5.41) is 10.3. The van der Waals surface area contributed by atoms with Crippen LogP contribution in [0.5, 0.6) is 0 Å². The molecule has 2 heterocycles. The monoisotopic (exact) mass is 590 g/mol. The minimum absolute atomic E-state index is 0. The molecule has 1 aliphatic rings. The van der Waals surface area contributed by atoms with Gasteiger partial charge in [0.25, 0.3) is 10.0 Å². The molecule has 1 saturated heterocycles. The number of carboxylic acid groups (broad SMARTS) is 1. The lowest BCUT2D eigenvalue weighted by Crippen LogP contribution is -2.46. The van der Waals surface area contributed by atoms with Crippen molar-refractivity contribution in [1.29, 1.82) is 0 Å². The number of piperazine rings is 1. The molecule has 204 valence electrons. The second-order valence-electron chi connectivity index (χ2n) is 8.50. The summed E-state index contributed by atoms with van der Waals surface area (Å²) >= 11 is 0. The maximum Gasteiger partial charge on any atom is 0.336 e. The first kappa shape index (κ1) is 32.7. The van der Waals surface area contributed by atoms with Crippen LogP contribution in [-0.4, -0.2) is 62.1 Å². The van der Waals surface area contributed by atoms with Crippen molar-refractivity contribution in [1.82, 2.24) is 9.88 Å². The number of aryl methyl sites for hydroxylation is 1. The van der Waals surface area contributed by atoms with Gasteiger partial charge in [0.15, 0.2) is 0 Å². The zero-order valence-corrected chi connectivity index (χ0v) is 24.0. The fraction of sp³-hybridized carbons (Fsp3) is 0.360. The minimum Gasteiger partial charge on any atom is -0.478 e. The lowest BCUT2D eigenvalue weighted by atomic mass is 10.1. The van der Waals surface area contributed by atoms with Crippen molar-refractivity contribution >= 4 is 75.6 Å². The minimum atomic E-state index is -3.81. The molecule has 0 atom stereocenters. The average Bonchev–Trinajstić information content (AvgIpc) is 2.84. The number of benzene rings is 2. The number of halogens is 3. The van der Waals surface area contributed by atoms with Gasteiger partial charge in [-0.25, -0.2) is 18.2 Å². The van der Waals surface area contributed by atoms with Crippen LogP contribution in [0, 0.1) is 0 Å². The Balaban J connectivity index is 0.00000228. The number of pyridine rings is 1. The Hall–Kier alpha value is -2.30. The molecule has 0 saturated carbocycles. The first-order chi connectivity index (χ1) is 16.3. The fourth-order valence-corrected chi connectivity index (χ4v) is 5.30. The van der Waals surface area contributed by atoms with E-state index >= 15 is 0 Å². The van der Waals surface area contributed by atoms with Crippen molar-refractivity contribution < 1.29 is 18.3 Å². The predicted octanol–water partition coefficient (Wildman–Crippen LogP) is 5.09. The third kappa shape index (κ3) is 7.61. The number of fused-ring (bicyclic) bond motifs is 1. The van der Waals surface area contributed by atoms with Gasteiger partial charge in [-0.05, 0) is 61.3 Å². The molecule has 8 nitrogen and oxygen atoms in total. The topological polar surface area (TPSA) is 103 Å². The van der Waals surface area contributed by atoms with Crippen LogP contribution in [0.25, 0.3) is 10.9 Å². The Bertz CT molecular complexity index is 1300. The normalized spacial score (nSPS) is 13.7. The highest BCUT2D eigenvalue weighted by Gasteiger charge is 2.21. The fourth-order valence-electron chi connectivity index (χ4n) is 4.25. The van der Waals surface area contributed by atoms with Crippen molar-refractivity contribution in [3.63, 3.8) is 0 Å². The number of aromatic nitrogens is 1. The van der Waals surface area contributed by atoms with Crippen molar-refractivity contribution in [2.45, 2.75) is 31.6 Å². The van der Waals surface area contributed by atoms with Gasteiger partial charge in [-0.3, -0.25) is 9.62 Å². The number of sulfonamides is 1. The average molecular weight is 592 g/mol. The summed E-state index contributed by atoms with van der Waals surface area (Å²) in [6.45, 7) is 8.61. The lowest BCUT2D eigenvalue weighted by Gasteiger charge is -2.35. The van der Waals surface area contributed by atoms with Gasteiger partial charge >= 0.3 is 5.97 Å². The first-order valence-electron chi connectivity index (χ1n) is 11.6. The van der Waals surface area contributed by atoms with Crippen molar-refractivity contribution in [3.05, 3.63) is 59.7 Å². The van der Waals surface area contributed by atoms with Gasteiger partial charge in [-0.15, -0.1) is 37.2 Å². The molecule has 0 spiro atoms. The van der Waals surface area contributed by atoms with E-state index in [9.17, 15) is 18.3 Å². The van der Waals surface area contributed by atoms with Gasteiger partial charge in [-0.1, -0.05) is 26.0 Å². The molecular weight excluding hydrogens is 559 g/mol. The van der Waals surface area contributed by atoms with Crippen molar-refractivity contribution in [2.24, 2.45) is 0 Å². The van der Waals surface area contributed by atoms with Crippen LogP contribution in [0.4, 0.5) is 11.5 Å². The molecule has 37 heavy (non-hydrogen) atoms. The van der Waals surface area contributed by atoms with Crippen LogP contribution < -0.4 is 9.62 Å². The molecule has 1 fully saturated rings. The number of nitrogens with one attached hydrogen (secondary N) is 1. The van der Waals surface area contributed by atoms with E-state index in [1.165, 1.54) is 6.07 Å². The number of hydrogen-bond acceptors (Lipinski definition) is 6. The summed E-state index contributed by atoms with van der Waals surface area (Å²) in [5.74, 6) is -0.446. The molecule has 2 aromatic carbocycles. The SMILES string of the molecule is CCCN1CCN(c2cc(C(=O)O)c3cc(NS(=O)(=O)c4ccc(CC)cc4)ccc3n2)CC1.Cl.Cl.Cl. The van der Waals surface area contributed by atoms with E-state index in [0.29, 0.717) is 16.7 Å². The number of carbonyl (C=O) groups is 1. The smallest absolute Gasteiger partial charge is 0.336 e. The van der Waals surface area contributed by atoms with Crippen LogP contribution >= 0.6 is 37.2 Å². The molecule has 0 radical (unpaired) electrons. The summed E-state index contributed by atoms with van der Waals surface area (Å²) in [5.41, 5.74) is 1.95. The number of rotatable bonds is 8. The molecule has 2 N–H and O–H groups in total. The maximum atomic E-state index is 12.8. The van der Waals surface area contributed by atoms with Gasteiger partial charge < -0.3 is 10.0 Å². The maximum absolute atomic E-state index is 12.8. The van der Waals surface area contributed by atoms with Crippen LogP contribution in [0.3, 0.4) is 0 Å². The molecule has 0 unspecified atom stereocenters. The summed E-state index contributed by atoms with van der Waals surface area (Å²) in [6, 6.07) is 13.1. The van der Waals surface area contributed by atoms with Gasteiger partial charge in [-0.2, -0.15) is 0 Å². The number of hydrogen-bond donors (Lipinski definition) is 2. The van der Waals surface area contributed by atoms with Crippen LogP contribution in [-0.2, 0) is 16.4 Å². The second-order valence-corrected chi connectivity index (χ2v) is 10.2. The third-order valence-corrected chi connectivity index (χ3v) is 7.55. The quantitative estimate of drug-likeness (QED) is 0.376. The van der Waals surface area contributed by atoms with Crippen molar-refractivity contribution in [2.75, 3.05) is 42.3 Å². The standard InChI is InChI=1S/C25H30N4O4S.3ClH/c1-3-11-28-12-14-29(15-13-28)24-17-22(25(30)31)21-16-19(7-10-23(21)26-24)27-34(32,33)20-8-5-18(4-2)6-9-20;;;/h5-10,16-17,27H,3-4,11-15H2,1-2H3,(H,30,31);3*1H. The Kier molecular flexibility index (Phi) is 12.4. The Labute approximate surface area is 236 Å². The van der Waals surface area contributed by atoms with Gasteiger partial charge in [0.2, 0.25) is 0 Å². The summed E-state index contributed by atoms with van der Waals surface area (Å²) < 4.78 is 28.2. The van der Waals surface area contributed by atoms with Crippen LogP contribution in [0.15, 0.2) is 53.4 Å². The Morgan fingerprint density at radius 1 is 0.973 bits per heavy atom. The molecule has 0 bridgehead atoms. The van der Waals surface area contributed by atoms with Gasteiger partial charge in [0, 0.05) is 37.3 Å². The predicted molar refractivity (Wildman–Crippen MR) is 156 cm³/mol. The third-order valence-electron chi connectivity index (χ3n) is 6.16. The highest BCUT2D eigenvalue weighted by Crippen LogP contribution is 2.28. The molecule has 1 aliphatic heterocycles. The molecule has 0 aliphatic carbocycles. The largest absolute Gasteiger partial charge is 0.478 e. The molecule has 0 amide bonds. The number of aromatic carboxylic acids is 1. The van der Waals surface area contributed by atoms with Gasteiger partial charge in [0.05, 0.1) is 16.0 Å². The van der Waals surface area contributed by atoms with Crippen LogP contribution in [0.1, 0.15) is 36.2 Å². The summed E-state index contributed by atoms with van der Waals surface area (Å²) in [6.07, 6.45) is 1.92. The number of nitrogens with zero attached hydrogens (tertiary/aromatic N) is 3. The molecular formula is C25H33Cl3N4O4S. The zero-order chi connectivity index (χ0) is 24.3. The van der Waals surface area contributed by atoms with E-state index < -0.39 is 16.0 Å². The Morgan fingerprint density at radius 2 is 1.62 bits per heavy atom. The van der Waals surface area contributed by atoms with Crippen LogP contribution in [0.2, 0.25) is 0 Å². The molecule has 4 rings (SSSR count). The highest BCUT2D eigenvalue weighted by molar-refractivity contribution is 7.92. The van der Waals surface area contributed by atoms with Gasteiger partial charge in [0.1, 0.15) is 5.82 Å². The highest BCUT2D eigenvalue weighted by atomic mass is 35.5. The van der Waals surface area contributed by atoms with E-state index in [1.807, 2.05) is 6.92 Å². The van der Waals surface area contributed by atoms with Crippen molar-refractivity contribution in [3.8, 4) is 0 Å². The molecule has 1 aromatic heterocycles. The number of carboxylic acids is 1. The summed E-state index contributed by atoms with van der Waals surface area (Å²) in [7, 11) is -3.81. The Morgan fingerprint density at radius 3 is 2.19 bits per heavy atom. The summed E-state index contributed by atoms with van der Waals surface area (Å²) in [4.78, 5) is 21.4. The van der Waals surface area contributed by atoms with E-state index in [1.54, 1.807) is 42.5 Å². The molecule has 12 heteroatoms. The van der Waals surface area contributed by atoms with E-state index in [-0.39, 0.29) is 53.4 Å². The van der Waals surface area contributed by atoms with E-state index in [2.05, 4.69) is 21.4 Å². The second kappa shape index (κ2) is 14.0. The lowest BCUT2D eigenvalue weighted by molar-refractivity contribution is 0.0699. The molecule has 3 aromatic rings.